The van der Waals surface area contributed by atoms with Crippen LogP contribution in [0.5, 0.6) is 0 Å². The summed E-state index contributed by atoms with van der Waals surface area (Å²) >= 11 is 0. The van der Waals surface area contributed by atoms with Crippen molar-refractivity contribution in [1.29, 1.82) is 0 Å². The quantitative estimate of drug-likeness (QED) is 0.138. The van der Waals surface area contributed by atoms with Gasteiger partial charge in [-0.25, -0.2) is 9.59 Å². The van der Waals surface area contributed by atoms with E-state index in [0.717, 1.165) is 11.1 Å². The number of benzene rings is 3. The van der Waals surface area contributed by atoms with Crippen molar-refractivity contribution in [2.24, 2.45) is 22.7 Å². The monoisotopic (exact) mass is 877 g/mol. The number of esters is 2. The van der Waals surface area contributed by atoms with Crippen molar-refractivity contribution < 1.29 is 52.7 Å². The van der Waals surface area contributed by atoms with Gasteiger partial charge in [-0.3, -0.25) is 14.5 Å². The van der Waals surface area contributed by atoms with Crippen molar-refractivity contribution >= 4 is 23.8 Å². The van der Waals surface area contributed by atoms with Gasteiger partial charge in [0.1, 0.15) is 29.6 Å². The van der Waals surface area contributed by atoms with Crippen LogP contribution >= 0.6 is 0 Å². The molecule has 2 heterocycles. The third-order valence-electron chi connectivity index (χ3n) is 15.2. The van der Waals surface area contributed by atoms with E-state index < -0.39 is 100 Å². The van der Waals surface area contributed by atoms with Crippen LogP contribution < -0.4 is 0 Å². The van der Waals surface area contributed by atoms with Crippen molar-refractivity contribution in [3.63, 3.8) is 0 Å². The number of hydrogen-bond acceptors (Lipinski definition) is 11. The Labute approximate surface area is 376 Å². The molecule has 0 spiro atoms. The fraction of sp³-hybridized carbons (Fsp3) is 0.538. The van der Waals surface area contributed by atoms with Crippen molar-refractivity contribution in [2.75, 3.05) is 13.7 Å². The summed E-state index contributed by atoms with van der Waals surface area (Å²) in [6.45, 7) is 18.2. The first-order valence-electron chi connectivity index (χ1n) is 22.5. The van der Waals surface area contributed by atoms with Gasteiger partial charge >= 0.3 is 18.0 Å². The van der Waals surface area contributed by atoms with Gasteiger partial charge in [-0.15, -0.1) is 0 Å². The van der Waals surface area contributed by atoms with Crippen LogP contribution in [0.1, 0.15) is 116 Å². The van der Waals surface area contributed by atoms with Crippen LogP contribution in [-0.4, -0.2) is 88.8 Å². The van der Waals surface area contributed by atoms with E-state index in [2.05, 4.69) is 0 Å². The van der Waals surface area contributed by atoms with E-state index in [0.29, 0.717) is 28.7 Å². The largest absolute Gasteiger partial charge is 0.456 e. The highest BCUT2D eigenvalue weighted by atomic mass is 16.6. The molecule has 3 aromatic carbocycles. The maximum atomic E-state index is 15.7. The lowest BCUT2D eigenvalue weighted by Gasteiger charge is -2.69. The topological polar surface area (TPSA) is 147 Å². The Kier molecular flexibility index (Phi) is 11.6. The minimum absolute atomic E-state index is 0.0335. The fourth-order valence-electron chi connectivity index (χ4n) is 12.3. The molecule has 0 aromatic heterocycles. The predicted molar refractivity (Wildman–Crippen MR) is 237 cm³/mol. The molecule has 1 N–H and O–H groups in total. The molecule has 5 aliphatic rings. The maximum Gasteiger partial charge on any atom is 0.413 e. The third kappa shape index (κ3) is 7.11. The summed E-state index contributed by atoms with van der Waals surface area (Å²) in [6.07, 6.45) is -5.07. The number of carbonyl (C=O) groups excluding carboxylic acids is 4. The van der Waals surface area contributed by atoms with E-state index in [1.165, 1.54) is 11.8 Å². The van der Waals surface area contributed by atoms with E-state index >= 15 is 9.59 Å². The van der Waals surface area contributed by atoms with Crippen LogP contribution in [-0.2, 0) is 42.8 Å². The number of nitrogens with zero attached hydrogens (tertiary/aromatic N) is 1. The van der Waals surface area contributed by atoms with Crippen molar-refractivity contribution in [1.82, 2.24) is 4.90 Å². The summed E-state index contributed by atoms with van der Waals surface area (Å²) in [5.74, 6) is -3.89. The number of methoxy groups -OCH3 is 1. The Morgan fingerprint density at radius 2 is 1.48 bits per heavy atom. The summed E-state index contributed by atoms with van der Waals surface area (Å²) in [4.78, 5) is 59.9. The number of Topliss-reactive ketones (excluding diaryl/α,β-unsaturated/α-hetero) is 1. The maximum absolute atomic E-state index is 15.7. The molecule has 3 aromatic rings. The van der Waals surface area contributed by atoms with Gasteiger partial charge in [-0.2, -0.15) is 0 Å². The molecule has 0 radical (unpaired) electrons. The Morgan fingerprint density at radius 3 is 2.03 bits per heavy atom. The van der Waals surface area contributed by atoms with Crippen molar-refractivity contribution in [3.05, 3.63) is 118 Å². The van der Waals surface area contributed by atoms with E-state index in [4.69, 9.17) is 28.4 Å². The first-order chi connectivity index (χ1) is 30.1. The molecule has 1 amide bonds. The summed E-state index contributed by atoms with van der Waals surface area (Å²) in [6, 6.07) is 25.3. The summed E-state index contributed by atoms with van der Waals surface area (Å²) in [7, 11) is 1.58. The van der Waals surface area contributed by atoms with Crippen LogP contribution in [0.15, 0.2) is 96.1 Å². The highest BCUT2D eigenvalue weighted by Crippen LogP contribution is 2.69. The lowest BCUT2D eigenvalue weighted by molar-refractivity contribution is -0.333. The number of amides is 1. The van der Waals surface area contributed by atoms with Crippen molar-refractivity contribution in [3.8, 4) is 0 Å². The van der Waals surface area contributed by atoms with E-state index in [-0.39, 0.29) is 18.8 Å². The molecule has 64 heavy (non-hydrogen) atoms. The molecule has 2 bridgehead atoms. The lowest BCUT2D eigenvalue weighted by atomic mass is 9.40. The highest BCUT2D eigenvalue weighted by Gasteiger charge is 2.77. The van der Waals surface area contributed by atoms with Gasteiger partial charge in [0, 0.05) is 55.6 Å². The van der Waals surface area contributed by atoms with Gasteiger partial charge in [0.2, 0.25) is 0 Å². The molecular formula is C52H63NO11. The predicted octanol–water partition coefficient (Wildman–Crippen LogP) is 8.50. The molecule has 12 nitrogen and oxygen atoms in total. The number of carbonyl (C=O) groups is 4. The number of fused-ring (bicyclic) bond motifs is 5. The Morgan fingerprint density at radius 1 is 0.875 bits per heavy atom. The van der Waals surface area contributed by atoms with Gasteiger partial charge < -0.3 is 33.5 Å². The normalized spacial score (nSPS) is 35.5. The Balaban J connectivity index is 1.28. The number of aryl methyl sites for hydroxylation is 1. The van der Waals surface area contributed by atoms with Crippen LogP contribution in [0.3, 0.4) is 0 Å². The molecular weight excluding hydrogens is 815 g/mol. The van der Waals surface area contributed by atoms with E-state index in [1.54, 1.807) is 27.9 Å². The second-order valence-electron chi connectivity index (χ2n) is 20.4. The Hall–Kier alpha value is -4.88. The molecule has 342 valence electrons. The van der Waals surface area contributed by atoms with Gasteiger partial charge in [-0.1, -0.05) is 111 Å². The number of aliphatic hydroxyl groups is 1. The molecule has 2 saturated heterocycles. The molecule has 12 heteroatoms. The van der Waals surface area contributed by atoms with Gasteiger partial charge in [0.25, 0.3) is 0 Å². The molecule has 12 atom stereocenters. The molecule has 2 unspecified atom stereocenters. The first kappa shape index (κ1) is 45.7. The van der Waals surface area contributed by atoms with Crippen LogP contribution in [0.25, 0.3) is 0 Å². The first-order valence-corrected chi connectivity index (χ1v) is 22.5. The fourth-order valence-corrected chi connectivity index (χ4v) is 12.3. The van der Waals surface area contributed by atoms with Crippen molar-refractivity contribution in [2.45, 2.75) is 141 Å². The molecule has 8 rings (SSSR count). The smallest absolute Gasteiger partial charge is 0.413 e. The molecule has 2 aliphatic heterocycles. The molecule has 3 aliphatic carbocycles. The van der Waals surface area contributed by atoms with E-state index in [1.807, 2.05) is 126 Å². The number of ether oxygens (including phenoxy) is 6. The second kappa shape index (κ2) is 16.2. The number of rotatable bonds is 7. The zero-order valence-electron chi connectivity index (χ0n) is 38.9. The standard InChI is InChI=1S/C52H63NO11/c1-29-22-24-35(25-23-29)45-53(47(57)64-48(5,6)7)41(34-20-16-13-17-21-34)42(62-45)46(56)61-36-27-52(58)40(33-18-14-12-15-19-33)43-50(10,44(55)31(3)39(30(36)2)49(52,8)9)37(59-11)26-38-51(43,28-60-38)63-32(4)54/h12-25,31,36-38,40-43,45,58H,26-28H2,1-11H3/t31-,36?,37+,38-,40+,41+,42?,43+,45-,50-,51+,52-/m1/s1. The minimum Gasteiger partial charge on any atom is -0.456 e. The number of hydrogen-bond donors (Lipinski definition) is 1. The van der Waals surface area contributed by atoms with Crippen LogP contribution in [0.2, 0.25) is 0 Å². The van der Waals surface area contributed by atoms with Crippen LogP contribution in [0.4, 0.5) is 4.79 Å². The third-order valence-corrected chi connectivity index (χ3v) is 15.2. The van der Waals surface area contributed by atoms with Gasteiger partial charge in [0.15, 0.2) is 17.9 Å². The second-order valence-corrected chi connectivity index (χ2v) is 20.4. The highest BCUT2D eigenvalue weighted by molar-refractivity contribution is 5.91. The zero-order valence-corrected chi connectivity index (χ0v) is 38.9. The summed E-state index contributed by atoms with van der Waals surface area (Å²) in [5, 5.41) is 14.1. The molecule has 4 fully saturated rings. The molecule has 2 saturated carbocycles. The SMILES string of the molecule is CO[C@H]1C[C@H]2OC[C@@]2(OC(C)=O)[C@H]2[C@H](c3ccccc3)[C@]3(O)CC(OC(=O)C4O[C@H](c5ccc(C)cc5)N(C(=O)OC(C)(C)C)[C@H]4c4ccccc4)C(C)=C([C@@H](C)C(=O)[C@]12C)C3(C)C. The lowest BCUT2D eigenvalue weighted by Crippen LogP contribution is -2.79. The Bertz CT molecular complexity index is 2320. The number of ketones is 1. The summed E-state index contributed by atoms with van der Waals surface area (Å²) < 4.78 is 38.2. The van der Waals surface area contributed by atoms with E-state index in [9.17, 15) is 14.7 Å². The summed E-state index contributed by atoms with van der Waals surface area (Å²) in [5.41, 5.74) is -1.93. The van der Waals surface area contributed by atoms with Gasteiger partial charge in [0.05, 0.1) is 23.7 Å². The zero-order chi connectivity index (χ0) is 46.3. The minimum atomic E-state index is -1.74. The van der Waals surface area contributed by atoms with Gasteiger partial charge in [-0.05, 0) is 63.8 Å². The van der Waals surface area contributed by atoms with Crippen LogP contribution in [0, 0.1) is 29.6 Å². The average molecular weight is 878 g/mol. The average Bonchev–Trinajstić information content (AvgIpc) is 3.64.